The summed E-state index contributed by atoms with van der Waals surface area (Å²) >= 11 is 0. The molecule has 0 aliphatic rings. The first-order valence-electron chi connectivity index (χ1n) is 6.56. The highest BCUT2D eigenvalue weighted by atomic mass is 16.5. The van der Waals surface area contributed by atoms with E-state index in [1.54, 1.807) is 12.3 Å². The minimum absolute atomic E-state index is 0.00139. The van der Waals surface area contributed by atoms with Crippen molar-refractivity contribution in [2.45, 2.75) is 32.9 Å². The van der Waals surface area contributed by atoms with Gasteiger partial charge in [0.2, 0.25) is 5.89 Å². The van der Waals surface area contributed by atoms with Gasteiger partial charge in [-0.1, -0.05) is 6.07 Å². The molecule has 0 aliphatic heterocycles. The van der Waals surface area contributed by atoms with Crippen LogP contribution in [0.15, 0.2) is 28.8 Å². The molecule has 0 spiro atoms. The highest BCUT2D eigenvalue weighted by Gasteiger charge is 2.16. The number of phenols is 1. The molecule has 5 nitrogen and oxygen atoms in total. The van der Waals surface area contributed by atoms with Crippen LogP contribution < -0.4 is 10.1 Å². The van der Waals surface area contributed by atoms with Crippen LogP contribution in [0.25, 0.3) is 0 Å². The first-order chi connectivity index (χ1) is 9.51. The monoisotopic (exact) mass is 276 g/mol. The van der Waals surface area contributed by atoms with Gasteiger partial charge in [0.1, 0.15) is 5.76 Å². The summed E-state index contributed by atoms with van der Waals surface area (Å²) < 4.78 is 10.6. The van der Waals surface area contributed by atoms with E-state index in [2.05, 4.69) is 10.3 Å². The molecule has 0 saturated heterocycles. The number of phenolic OH excluding ortho intramolecular Hbond substituents is 1. The van der Waals surface area contributed by atoms with Crippen molar-refractivity contribution in [2.24, 2.45) is 0 Å². The lowest BCUT2D eigenvalue weighted by Crippen LogP contribution is -2.22. The molecule has 20 heavy (non-hydrogen) atoms. The molecule has 2 rings (SSSR count). The van der Waals surface area contributed by atoms with E-state index in [4.69, 9.17) is 9.15 Å². The predicted molar refractivity (Wildman–Crippen MR) is 75.9 cm³/mol. The second kappa shape index (κ2) is 5.96. The molecular formula is C15H20N2O3. The number of oxazole rings is 1. The lowest BCUT2D eigenvalue weighted by molar-refractivity contribution is 0.367. The van der Waals surface area contributed by atoms with E-state index < -0.39 is 0 Å². The zero-order chi connectivity index (χ0) is 14.7. The molecular weight excluding hydrogens is 256 g/mol. The average molecular weight is 276 g/mol. The zero-order valence-corrected chi connectivity index (χ0v) is 12.2. The maximum absolute atomic E-state index is 9.61. The van der Waals surface area contributed by atoms with E-state index >= 15 is 0 Å². The van der Waals surface area contributed by atoms with E-state index in [1.807, 2.05) is 32.9 Å². The van der Waals surface area contributed by atoms with Crippen LogP contribution in [0.2, 0.25) is 0 Å². The molecule has 1 aromatic heterocycles. The maximum atomic E-state index is 9.61. The Kier molecular flexibility index (Phi) is 4.29. The summed E-state index contributed by atoms with van der Waals surface area (Å²) in [7, 11) is 1.54. The van der Waals surface area contributed by atoms with Gasteiger partial charge in [0.05, 0.1) is 19.3 Å². The number of methoxy groups -OCH3 is 1. The number of nitrogens with one attached hydrogen (secondary N) is 1. The third-order valence-corrected chi connectivity index (χ3v) is 3.21. The Morgan fingerprint density at radius 2 is 2.05 bits per heavy atom. The van der Waals surface area contributed by atoms with Crippen LogP contribution in [0.5, 0.6) is 11.5 Å². The van der Waals surface area contributed by atoms with Crippen molar-refractivity contribution in [3.05, 3.63) is 41.6 Å². The summed E-state index contributed by atoms with van der Waals surface area (Å²) in [6.07, 6.45) is 1.71. The first kappa shape index (κ1) is 14.4. The Labute approximate surface area is 118 Å². The topological polar surface area (TPSA) is 67.5 Å². The molecule has 2 atom stereocenters. The Balaban J connectivity index is 2.09. The van der Waals surface area contributed by atoms with Gasteiger partial charge in [-0.25, -0.2) is 4.98 Å². The van der Waals surface area contributed by atoms with Crippen LogP contribution in [-0.4, -0.2) is 17.2 Å². The van der Waals surface area contributed by atoms with Crippen molar-refractivity contribution in [1.82, 2.24) is 10.3 Å². The summed E-state index contributed by atoms with van der Waals surface area (Å²) in [5.74, 6) is 2.07. The van der Waals surface area contributed by atoms with Crippen LogP contribution in [-0.2, 0) is 0 Å². The largest absolute Gasteiger partial charge is 0.504 e. The number of aryl methyl sites for hydroxylation is 1. The minimum atomic E-state index is -0.00139. The Morgan fingerprint density at radius 1 is 1.30 bits per heavy atom. The fourth-order valence-corrected chi connectivity index (χ4v) is 2.08. The minimum Gasteiger partial charge on any atom is -0.504 e. The van der Waals surface area contributed by atoms with Crippen LogP contribution in [0, 0.1) is 6.92 Å². The fourth-order valence-electron chi connectivity index (χ4n) is 2.08. The van der Waals surface area contributed by atoms with Gasteiger partial charge in [0.25, 0.3) is 0 Å². The molecule has 0 radical (unpaired) electrons. The standard InChI is InChI=1S/C15H20N2O3/c1-9-8-16-15(20-9)11(3)17-10(2)12-5-6-13(18)14(7-12)19-4/h5-8,10-11,17-18H,1-4H3. The summed E-state index contributed by atoms with van der Waals surface area (Å²) in [5.41, 5.74) is 1.02. The maximum Gasteiger partial charge on any atom is 0.211 e. The van der Waals surface area contributed by atoms with Gasteiger partial charge in [0, 0.05) is 6.04 Å². The molecule has 0 aliphatic carbocycles. The quantitative estimate of drug-likeness (QED) is 0.878. The SMILES string of the molecule is COc1cc(C(C)NC(C)c2ncc(C)o2)ccc1O. The molecule has 0 bridgehead atoms. The Bertz CT molecular complexity index is 580. The zero-order valence-electron chi connectivity index (χ0n) is 12.2. The highest BCUT2D eigenvalue weighted by Crippen LogP contribution is 2.29. The molecule has 0 amide bonds. The van der Waals surface area contributed by atoms with Gasteiger partial charge in [-0.3, -0.25) is 5.32 Å². The molecule has 5 heteroatoms. The van der Waals surface area contributed by atoms with Crippen molar-refractivity contribution in [3.63, 3.8) is 0 Å². The van der Waals surface area contributed by atoms with Gasteiger partial charge in [-0.15, -0.1) is 0 Å². The lowest BCUT2D eigenvalue weighted by Gasteiger charge is -2.19. The van der Waals surface area contributed by atoms with Crippen molar-refractivity contribution in [1.29, 1.82) is 0 Å². The van der Waals surface area contributed by atoms with E-state index in [-0.39, 0.29) is 17.8 Å². The van der Waals surface area contributed by atoms with Crippen molar-refractivity contribution in [2.75, 3.05) is 7.11 Å². The van der Waals surface area contributed by atoms with Crippen LogP contribution >= 0.6 is 0 Å². The van der Waals surface area contributed by atoms with Crippen LogP contribution in [0.1, 0.15) is 43.1 Å². The number of ether oxygens (including phenoxy) is 1. The molecule has 1 heterocycles. The van der Waals surface area contributed by atoms with E-state index in [0.29, 0.717) is 11.6 Å². The number of hydrogen-bond donors (Lipinski definition) is 2. The van der Waals surface area contributed by atoms with Crippen LogP contribution in [0.4, 0.5) is 0 Å². The molecule has 108 valence electrons. The van der Waals surface area contributed by atoms with Crippen molar-refractivity contribution in [3.8, 4) is 11.5 Å². The Morgan fingerprint density at radius 3 is 2.65 bits per heavy atom. The number of aromatic hydroxyl groups is 1. The number of rotatable bonds is 5. The van der Waals surface area contributed by atoms with Crippen LogP contribution in [0.3, 0.4) is 0 Å². The summed E-state index contributed by atoms with van der Waals surface area (Å²) in [6.45, 7) is 5.91. The molecule has 0 saturated carbocycles. The van der Waals surface area contributed by atoms with Gasteiger partial charge in [-0.05, 0) is 38.5 Å². The normalized spacial score (nSPS) is 14.0. The highest BCUT2D eigenvalue weighted by molar-refractivity contribution is 5.42. The van der Waals surface area contributed by atoms with E-state index in [0.717, 1.165) is 11.3 Å². The van der Waals surface area contributed by atoms with Gasteiger partial charge < -0.3 is 14.3 Å². The lowest BCUT2D eigenvalue weighted by atomic mass is 10.1. The van der Waals surface area contributed by atoms with Gasteiger partial charge in [-0.2, -0.15) is 0 Å². The van der Waals surface area contributed by atoms with Gasteiger partial charge >= 0.3 is 0 Å². The first-order valence-corrected chi connectivity index (χ1v) is 6.56. The number of hydrogen-bond acceptors (Lipinski definition) is 5. The molecule has 1 aromatic carbocycles. The number of aromatic nitrogens is 1. The predicted octanol–water partition coefficient (Wildman–Crippen LogP) is 3.11. The molecule has 0 fully saturated rings. The Hall–Kier alpha value is -2.01. The van der Waals surface area contributed by atoms with E-state index in [1.165, 1.54) is 7.11 Å². The molecule has 2 N–H and O–H groups in total. The summed E-state index contributed by atoms with van der Waals surface area (Å²) in [6, 6.07) is 5.39. The number of benzene rings is 1. The third kappa shape index (κ3) is 3.11. The summed E-state index contributed by atoms with van der Waals surface area (Å²) in [5, 5.41) is 13.0. The van der Waals surface area contributed by atoms with Gasteiger partial charge in [0.15, 0.2) is 11.5 Å². The third-order valence-electron chi connectivity index (χ3n) is 3.21. The average Bonchev–Trinajstić information content (AvgIpc) is 2.86. The van der Waals surface area contributed by atoms with Crippen molar-refractivity contribution < 1.29 is 14.3 Å². The van der Waals surface area contributed by atoms with E-state index in [9.17, 15) is 5.11 Å². The molecule has 2 unspecified atom stereocenters. The fraction of sp³-hybridized carbons (Fsp3) is 0.400. The second-order valence-electron chi connectivity index (χ2n) is 4.85. The molecule has 2 aromatic rings. The number of nitrogens with zero attached hydrogens (tertiary/aromatic N) is 1. The van der Waals surface area contributed by atoms with Crippen molar-refractivity contribution >= 4 is 0 Å². The smallest absolute Gasteiger partial charge is 0.211 e. The second-order valence-corrected chi connectivity index (χ2v) is 4.85. The summed E-state index contributed by atoms with van der Waals surface area (Å²) in [4.78, 5) is 4.22.